The fraction of sp³-hybridized carbons (Fsp3) is 0.462. The van der Waals surface area contributed by atoms with Gasteiger partial charge in [0.2, 0.25) is 0 Å². The smallest absolute Gasteiger partial charge is 0.254 e. The average Bonchev–Trinajstić information content (AvgIpc) is 2.39. The Morgan fingerprint density at radius 3 is 2.59 bits per heavy atom. The third-order valence-electron chi connectivity index (χ3n) is 3.29. The molecule has 1 heterocycles. The van der Waals surface area contributed by atoms with E-state index in [1.807, 2.05) is 36.2 Å². The Balaban J connectivity index is 2.04. The Hall–Kier alpha value is -0.620. The first-order valence-corrected chi connectivity index (χ1v) is 7.01. The Morgan fingerprint density at radius 1 is 1.35 bits per heavy atom. The van der Waals surface area contributed by atoms with Gasteiger partial charge in [0.05, 0.1) is 5.56 Å². The highest BCUT2D eigenvalue weighted by atomic mass is 127. The van der Waals surface area contributed by atoms with E-state index in [0.29, 0.717) is 6.04 Å². The van der Waals surface area contributed by atoms with Crippen molar-refractivity contribution in [1.29, 1.82) is 0 Å². The number of benzene rings is 1. The van der Waals surface area contributed by atoms with Crippen molar-refractivity contribution in [1.82, 2.24) is 10.2 Å². The highest BCUT2D eigenvalue weighted by molar-refractivity contribution is 14.1. The SMILES string of the molecule is CNC1CCN(C(=O)c2ccccc2I)CC1. The summed E-state index contributed by atoms with van der Waals surface area (Å²) in [6, 6.07) is 8.35. The number of hydrogen-bond acceptors (Lipinski definition) is 2. The molecule has 0 spiro atoms. The van der Waals surface area contributed by atoms with Crippen LogP contribution >= 0.6 is 22.6 Å². The van der Waals surface area contributed by atoms with Gasteiger partial charge in [0, 0.05) is 22.7 Å². The van der Waals surface area contributed by atoms with E-state index in [1.54, 1.807) is 0 Å². The molecular weight excluding hydrogens is 327 g/mol. The molecule has 1 saturated heterocycles. The molecule has 4 heteroatoms. The van der Waals surface area contributed by atoms with Crippen LogP contribution < -0.4 is 5.32 Å². The monoisotopic (exact) mass is 344 g/mol. The lowest BCUT2D eigenvalue weighted by molar-refractivity contribution is 0.0706. The summed E-state index contributed by atoms with van der Waals surface area (Å²) in [6.07, 6.45) is 2.09. The van der Waals surface area contributed by atoms with Gasteiger partial charge in [-0.1, -0.05) is 12.1 Å². The number of nitrogens with one attached hydrogen (secondary N) is 1. The number of nitrogens with zero attached hydrogens (tertiary/aromatic N) is 1. The molecule has 1 aromatic carbocycles. The molecule has 0 atom stereocenters. The van der Waals surface area contributed by atoms with Crippen LogP contribution in [0.25, 0.3) is 0 Å². The van der Waals surface area contributed by atoms with E-state index >= 15 is 0 Å². The van der Waals surface area contributed by atoms with Crippen LogP contribution in [0.1, 0.15) is 23.2 Å². The van der Waals surface area contributed by atoms with Crippen LogP contribution in [-0.4, -0.2) is 37.0 Å². The van der Waals surface area contributed by atoms with Gasteiger partial charge in [0.15, 0.2) is 0 Å². The quantitative estimate of drug-likeness (QED) is 0.834. The first-order chi connectivity index (χ1) is 8.22. The second-order valence-electron chi connectivity index (χ2n) is 4.33. The maximum absolute atomic E-state index is 12.3. The van der Waals surface area contributed by atoms with Gasteiger partial charge in [-0.3, -0.25) is 4.79 Å². The van der Waals surface area contributed by atoms with Crippen LogP contribution in [0.15, 0.2) is 24.3 Å². The van der Waals surface area contributed by atoms with E-state index < -0.39 is 0 Å². The normalized spacial score (nSPS) is 17.2. The fourth-order valence-electron chi connectivity index (χ4n) is 2.18. The molecule has 1 fully saturated rings. The summed E-state index contributed by atoms with van der Waals surface area (Å²) in [5.74, 6) is 0.171. The van der Waals surface area contributed by atoms with Crippen molar-refractivity contribution in [3.05, 3.63) is 33.4 Å². The summed E-state index contributed by atoms with van der Waals surface area (Å²) < 4.78 is 1.03. The van der Waals surface area contributed by atoms with Gasteiger partial charge < -0.3 is 10.2 Å². The molecule has 0 aliphatic carbocycles. The molecule has 1 aliphatic heterocycles. The molecule has 92 valence electrons. The van der Waals surface area contributed by atoms with E-state index in [-0.39, 0.29) is 5.91 Å². The minimum atomic E-state index is 0.171. The third kappa shape index (κ3) is 2.98. The zero-order chi connectivity index (χ0) is 12.3. The molecule has 0 saturated carbocycles. The number of hydrogen-bond donors (Lipinski definition) is 1. The zero-order valence-electron chi connectivity index (χ0n) is 9.95. The van der Waals surface area contributed by atoms with Gasteiger partial charge in [-0.2, -0.15) is 0 Å². The number of amides is 1. The molecule has 0 radical (unpaired) electrons. The lowest BCUT2D eigenvalue weighted by Crippen LogP contribution is -2.44. The minimum absolute atomic E-state index is 0.171. The van der Waals surface area contributed by atoms with Gasteiger partial charge in [0.25, 0.3) is 5.91 Å². The predicted octanol–water partition coefficient (Wildman–Crippen LogP) is 2.12. The van der Waals surface area contributed by atoms with E-state index in [0.717, 1.165) is 35.1 Å². The van der Waals surface area contributed by atoms with E-state index in [9.17, 15) is 4.79 Å². The van der Waals surface area contributed by atoms with Crippen LogP contribution in [0.3, 0.4) is 0 Å². The van der Waals surface area contributed by atoms with Gasteiger partial charge >= 0.3 is 0 Å². The molecule has 1 aliphatic rings. The summed E-state index contributed by atoms with van der Waals surface area (Å²) in [5.41, 5.74) is 0.830. The lowest BCUT2D eigenvalue weighted by atomic mass is 10.0. The molecule has 0 bridgehead atoms. The average molecular weight is 344 g/mol. The van der Waals surface area contributed by atoms with Crippen LogP contribution in [0, 0.1) is 3.57 Å². The molecule has 1 aromatic rings. The number of likely N-dealkylation sites (tertiary alicyclic amines) is 1. The van der Waals surface area contributed by atoms with Crippen LogP contribution in [0.5, 0.6) is 0 Å². The van der Waals surface area contributed by atoms with Crippen LogP contribution in [0.2, 0.25) is 0 Å². The maximum Gasteiger partial charge on any atom is 0.254 e. The molecule has 0 aromatic heterocycles. The fourth-order valence-corrected chi connectivity index (χ4v) is 2.79. The first-order valence-electron chi connectivity index (χ1n) is 5.93. The van der Waals surface area contributed by atoms with Crippen molar-refractivity contribution >= 4 is 28.5 Å². The highest BCUT2D eigenvalue weighted by Crippen LogP contribution is 2.17. The Morgan fingerprint density at radius 2 is 2.00 bits per heavy atom. The Kier molecular flexibility index (Phi) is 4.39. The van der Waals surface area contributed by atoms with Gasteiger partial charge in [-0.25, -0.2) is 0 Å². The third-order valence-corrected chi connectivity index (χ3v) is 4.24. The van der Waals surface area contributed by atoms with E-state index in [4.69, 9.17) is 0 Å². The number of carbonyl (C=O) groups excluding carboxylic acids is 1. The summed E-state index contributed by atoms with van der Waals surface area (Å²) in [7, 11) is 1.99. The standard InChI is InChI=1S/C13H17IN2O/c1-15-10-6-8-16(9-7-10)13(17)11-4-2-3-5-12(11)14/h2-5,10,15H,6-9H2,1H3. The maximum atomic E-state index is 12.3. The van der Waals surface area contributed by atoms with Crippen LogP contribution in [0.4, 0.5) is 0 Å². The molecule has 3 nitrogen and oxygen atoms in total. The second kappa shape index (κ2) is 5.82. The summed E-state index contributed by atoms with van der Waals surface area (Å²) >= 11 is 2.22. The zero-order valence-corrected chi connectivity index (χ0v) is 12.1. The molecule has 1 amide bonds. The van der Waals surface area contributed by atoms with Crippen molar-refractivity contribution in [2.75, 3.05) is 20.1 Å². The summed E-state index contributed by atoms with van der Waals surface area (Å²) in [6.45, 7) is 1.71. The van der Waals surface area contributed by atoms with Crippen molar-refractivity contribution < 1.29 is 4.79 Å². The molecule has 1 N–H and O–H groups in total. The van der Waals surface area contributed by atoms with Crippen LogP contribution in [-0.2, 0) is 0 Å². The second-order valence-corrected chi connectivity index (χ2v) is 5.50. The van der Waals surface area contributed by atoms with E-state index in [2.05, 4.69) is 27.9 Å². The molecule has 2 rings (SSSR count). The Labute approximate surface area is 116 Å². The predicted molar refractivity (Wildman–Crippen MR) is 77.1 cm³/mol. The van der Waals surface area contributed by atoms with Crippen molar-refractivity contribution in [3.63, 3.8) is 0 Å². The van der Waals surface area contributed by atoms with Gasteiger partial charge in [-0.05, 0) is 54.6 Å². The molecule has 0 unspecified atom stereocenters. The highest BCUT2D eigenvalue weighted by Gasteiger charge is 2.23. The molecular formula is C13H17IN2O. The number of carbonyl (C=O) groups is 1. The Bertz CT molecular complexity index is 400. The summed E-state index contributed by atoms with van der Waals surface area (Å²) in [5, 5.41) is 3.28. The number of rotatable bonds is 2. The largest absolute Gasteiger partial charge is 0.338 e. The topological polar surface area (TPSA) is 32.3 Å². The summed E-state index contributed by atoms with van der Waals surface area (Å²) in [4.78, 5) is 14.3. The minimum Gasteiger partial charge on any atom is -0.338 e. The van der Waals surface area contributed by atoms with Crippen molar-refractivity contribution in [3.8, 4) is 0 Å². The first kappa shape index (κ1) is 12.8. The number of piperidine rings is 1. The van der Waals surface area contributed by atoms with Gasteiger partial charge in [0.1, 0.15) is 0 Å². The van der Waals surface area contributed by atoms with E-state index in [1.165, 1.54) is 0 Å². The number of halogens is 1. The van der Waals surface area contributed by atoms with Crippen molar-refractivity contribution in [2.45, 2.75) is 18.9 Å². The van der Waals surface area contributed by atoms with Crippen molar-refractivity contribution in [2.24, 2.45) is 0 Å². The lowest BCUT2D eigenvalue weighted by Gasteiger charge is -2.32. The molecule has 17 heavy (non-hydrogen) atoms. The van der Waals surface area contributed by atoms with Gasteiger partial charge in [-0.15, -0.1) is 0 Å².